The van der Waals surface area contributed by atoms with Crippen molar-refractivity contribution >= 4 is 11.0 Å². The Bertz CT molecular complexity index is 895. The molecule has 0 bridgehead atoms. The number of phenols is 4. The molecule has 1 aromatic heterocycles. The minimum Gasteiger partial charge on any atom is -0.508 e. The Balaban J connectivity index is 0.000000924. The predicted molar refractivity (Wildman–Crippen MR) is 82.7 cm³/mol. The van der Waals surface area contributed by atoms with Crippen molar-refractivity contribution in [2.75, 3.05) is 7.11 Å². The Morgan fingerprint density at radius 3 is 2.09 bits per heavy atom. The standard InChI is InChI=1S/C15H10O6.CH4O/c16-8-3-1-7(2-4-8)11-5-9(17)13-12(21-11)6-10(18)14(19)15(13)20;1-2/h1-6,16,18-20H;2H,1H3. The van der Waals surface area contributed by atoms with Gasteiger partial charge in [-0.1, -0.05) is 0 Å². The topological polar surface area (TPSA) is 131 Å². The van der Waals surface area contributed by atoms with Crippen molar-refractivity contribution < 1.29 is 29.9 Å². The van der Waals surface area contributed by atoms with Gasteiger partial charge < -0.3 is 29.9 Å². The molecule has 0 aliphatic heterocycles. The van der Waals surface area contributed by atoms with E-state index in [1.807, 2.05) is 0 Å². The molecule has 1 heterocycles. The summed E-state index contributed by atoms with van der Waals surface area (Å²) in [6, 6.07) is 8.19. The van der Waals surface area contributed by atoms with Gasteiger partial charge in [0.25, 0.3) is 0 Å². The molecule has 120 valence electrons. The van der Waals surface area contributed by atoms with Crippen LogP contribution in [0.15, 0.2) is 45.6 Å². The molecule has 0 radical (unpaired) electrons. The lowest BCUT2D eigenvalue weighted by molar-refractivity contribution is 0.370. The predicted octanol–water partition coefficient (Wildman–Crippen LogP) is 1.89. The third kappa shape index (κ3) is 2.90. The minimum absolute atomic E-state index is 0.0571. The van der Waals surface area contributed by atoms with Crippen molar-refractivity contribution in [3.63, 3.8) is 0 Å². The van der Waals surface area contributed by atoms with Crippen molar-refractivity contribution in [1.29, 1.82) is 0 Å². The zero-order chi connectivity index (χ0) is 17.1. The van der Waals surface area contributed by atoms with E-state index in [9.17, 15) is 25.2 Å². The molecule has 7 nitrogen and oxygen atoms in total. The smallest absolute Gasteiger partial charge is 0.201 e. The van der Waals surface area contributed by atoms with Gasteiger partial charge in [0.2, 0.25) is 5.75 Å². The first-order valence-corrected chi connectivity index (χ1v) is 6.43. The zero-order valence-electron chi connectivity index (χ0n) is 12.0. The summed E-state index contributed by atoms with van der Waals surface area (Å²) in [5.74, 6) is -1.81. The fraction of sp³-hybridized carbons (Fsp3) is 0.0625. The van der Waals surface area contributed by atoms with Crippen LogP contribution in [0.25, 0.3) is 22.3 Å². The molecule has 3 rings (SSSR count). The summed E-state index contributed by atoms with van der Waals surface area (Å²) in [6.45, 7) is 0. The van der Waals surface area contributed by atoms with Gasteiger partial charge in [0.15, 0.2) is 16.9 Å². The summed E-state index contributed by atoms with van der Waals surface area (Å²) in [4.78, 5) is 12.1. The number of aromatic hydroxyl groups is 4. The molecule has 0 saturated heterocycles. The maximum Gasteiger partial charge on any atom is 0.201 e. The first-order chi connectivity index (χ1) is 11.0. The van der Waals surface area contributed by atoms with Crippen LogP contribution in [0.1, 0.15) is 0 Å². The van der Waals surface area contributed by atoms with Crippen LogP contribution in [-0.2, 0) is 0 Å². The summed E-state index contributed by atoms with van der Waals surface area (Å²) in [6.07, 6.45) is 0. The van der Waals surface area contributed by atoms with E-state index in [1.54, 1.807) is 12.1 Å². The third-order valence-corrected chi connectivity index (χ3v) is 3.10. The average molecular weight is 318 g/mol. The van der Waals surface area contributed by atoms with E-state index in [1.165, 1.54) is 12.1 Å². The quantitative estimate of drug-likeness (QED) is 0.433. The molecule has 0 saturated carbocycles. The lowest BCUT2D eigenvalue weighted by Gasteiger charge is -2.07. The lowest BCUT2D eigenvalue weighted by atomic mass is 10.1. The normalized spacial score (nSPS) is 10.2. The molecule has 2 aromatic carbocycles. The number of aliphatic hydroxyl groups is 1. The van der Waals surface area contributed by atoms with Crippen LogP contribution < -0.4 is 5.43 Å². The van der Waals surface area contributed by atoms with Gasteiger partial charge in [-0.2, -0.15) is 0 Å². The highest BCUT2D eigenvalue weighted by molar-refractivity contribution is 5.89. The highest BCUT2D eigenvalue weighted by atomic mass is 16.3. The molecule has 0 atom stereocenters. The van der Waals surface area contributed by atoms with Crippen LogP contribution in [0.3, 0.4) is 0 Å². The average Bonchev–Trinajstić information content (AvgIpc) is 2.54. The van der Waals surface area contributed by atoms with Crippen molar-refractivity contribution in [3.05, 3.63) is 46.6 Å². The number of phenolic OH excluding ortho intramolecular Hbond substituents is 4. The highest BCUT2D eigenvalue weighted by Gasteiger charge is 2.17. The second kappa shape index (κ2) is 6.29. The number of hydrogen-bond acceptors (Lipinski definition) is 7. The van der Waals surface area contributed by atoms with E-state index >= 15 is 0 Å². The Hall–Kier alpha value is -3.19. The summed E-state index contributed by atoms with van der Waals surface area (Å²) in [5.41, 5.74) is -0.0793. The van der Waals surface area contributed by atoms with Crippen LogP contribution in [0.2, 0.25) is 0 Å². The van der Waals surface area contributed by atoms with E-state index in [4.69, 9.17) is 9.52 Å². The molecule has 0 unspecified atom stereocenters. The Kier molecular flexibility index (Phi) is 4.42. The molecule has 23 heavy (non-hydrogen) atoms. The lowest BCUT2D eigenvalue weighted by Crippen LogP contribution is -2.00. The van der Waals surface area contributed by atoms with Crippen LogP contribution in [0.4, 0.5) is 0 Å². The highest BCUT2D eigenvalue weighted by Crippen LogP contribution is 2.40. The van der Waals surface area contributed by atoms with Gasteiger partial charge in [0, 0.05) is 24.8 Å². The van der Waals surface area contributed by atoms with Gasteiger partial charge in [0.05, 0.1) is 0 Å². The first kappa shape index (κ1) is 16.2. The van der Waals surface area contributed by atoms with Crippen molar-refractivity contribution in [2.45, 2.75) is 0 Å². The van der Waals surface area contributed by atoms with E-state index < -0.39 is 22.7 Å². The molecule has 3 aromatic rings. The van der Waals surface area contributed by atoms with Gasteiger partial charge in [0.1, 0.15) is 22.5 Å². The number of aliphatic hydroxyl groups excluding tert-OH is 1. The third-order valence-electron chi connectivity index (χ3n) is 3.10. The van der Waals surface area contributed by atoms with Gasteiger partial charge >= 0.3 is 0 Å². The van der Waals surface area contributed by atoms with Gasteiger partial charge in [-0.15, -0.1) is 0 Å². The Morgan fingerprint density at radius 1 is 0.870 bits per heavy atom. The second-order valence-corrected chi connectivity index (χ2v) is 4.49. The summed E-state index contributed by atoms with van der Waals surface area (Å²) in [7, 11) is 1.00. The molecule has 7 heteroatoms. The summed E-state index contributed by atoms with van der Waals surface area (Å²) in [5, 5.41) is 44.7. The Labute approximate surface area is 129 Å². The largest absolute Gasteiger partial charge is 0.508 e. The molecule has 0 fully saturated rings. The zero-order valence-corrected chi connectivity index (χ0v) is 12.0. The van der Waals surface area contributed by atoms with Crippen LogP contribution in [0.5, 0.6) is 23.0 Å². The molecule has 0 aliphatic rings. The molecule has 0 spiro atoms. The van der Waals surface area contributed by atoms with E-state index in [2.05, 4.69) is 0 Å². The molecule has 5 N–H and O–H groups in total. The fourth-order valence-electron chi connectivity index (χ4n) is 2.05. The number of hydrogen-bond donors (Lipinski definition) is 5. The maximum absolute atomic E-state index is 12.1. The SMILES string of the molecule is CO.O=c1cc(-c2ccc(O)cc2)oc2cc(O)c(O)c(O)c12. The van der Waals surface area contributed by atoms with E-state index in [0.29, 0.717) is 5.56 Å². The van der Waals surface area contributed by atoms with Gasteiger partial charge in [-0.25, -0.2) is 0 Å². The maximum atomic E-state index is 12.1. The van der Waals surface area contributed by atoms with Crippen LogP contribution >= 0.6 is 0 Å². The molecular weight excluding hydrogens is 304 g/mol. The van der Waals surface area contributed by atoms with Crippen molar-refractivity contribution in [1.82, 2.24) is 0 Å². The van der Waals surface area contributed by atoms with Crippen molar-refractivity contribution in [3.8, 4) is 34.3 Å². The second-order valence-electron chi connectivity index (χ2n) is 4.49. The van der Waals surface area contributed by atoms with Crippen LogP contribution in [-0.4, -0.2) is 32.6 Å². The minimum atomic E-state index is -0.771. The molecule has 0 amide bonds. The summed E-state index contributed by atoms with van der Waals surface area (Å²) >= 11 is 0. The van der Waals surface area contributed by atoms with E-state index in [0.717, 1.165) is 19.2 Å². The number of fused-ring (bicyclic) bond motifs is 1. The number of benzene rings is 2. The summed E-state index contributed by atoms with van der Waals surface area (Å²) < 4.78 is 5.47. The Morgan fingerprint density at radius 2 is 1.48 bits per heavy atom. The van der Waals surface area contributed by atoms with Gasteiger partial charge in [-0.05, 0) is 24.3 Å². The fourth-order valence-corrected chi connectivity index (χ4v) is 2.05. The van der Waals surface area contributed by atoms with E-state index in [-0.39, 0.29) is 22.5 Å². The first-order valence-electron chi connectivity index (χ1n) is 6.43. The van der Waals surface area contributed by atoms with Crippen molar-refractivity contribution in [2.24, 2.45) is 0 Å². The van der Waals surface area contributed by atoms with Crippen LogP contribution in [0, 0.1) is 0 Å². The number of rotatable bonds is 1. The van der Waals surface area contributed by atoms with Gasteiger partial charge in [-0.3, -0.25) is 4.79 Å². The molecule has 0 aliphatic carbocycles. The monoisotopic (exact) mass is 318 g/mol. The molecular formula is C16H14O7.